The Hall–Kier alpha value is -3.79. The SMILES string of the molecule is CC(C)c1cc(-n2nncc2N(Cc2ccc(N3CCOCC3)cc2)C(=O)OC(C)(C)C)c(O)cc1O. The first-order chi connectivity index (χ1) is 17.5. The van der Waals surface area contributed by atoms with Crippen molar-refractivity contribution in [3.8, 4) is 17.2 Å². The van der Waals surface area contributed by atoms with Crippen LogP contribution in [0.4, 0.5) is 16.3 Å². The van der Waals surface area contributed by atoms with E-state index >= 15 is 0 Å². The lowest BCUT2D eigenvalue weighted by Gasteiger charge is -2.29. The van der Waals surface area contributed by atoms with Crippen LogP contribution in [0.1, 0.15) is 51.7 Å². The van der Waals surface area contributed by atoms with Crippen LogP contribution in [0.2, 0.25) is 0 Å². The standard InChI is InChI=1S/C27H35N5O5/c1-18(2)21-14-22(24(34)15-23(21)33)32-25(16-28-29-32)31(26(35)37-27(3,4)5)17-19-6-8-20(9-7-19)30-10-12-36-13-11-30/h6-9,14-16,18,33-34H,10-13,17H2,1-5H3. The van der Waals surface area contributed by atoms with E-state index in [1.807, 2.05) is 38.1 Å². The lowest BCUT2D eigenvalue weighted by atomic mass is 10.0. The van der Waals surface area contributed by atoms with Gasteiger partial charge in [-0.15, -0.1) is 5.10 Å². The molecule has 37 heavy (non-hydrogen) atoms. The number of aromatic hydroxyl groups is 2. The summed E-state index contributed by atoms with van der Waals surface area (Å²) in [5, 5.41) is 29.1. The summed E-state index contributed by atoms with van der Waals surface area (Å²) in [6, 6.07) is 10.9. The third kappa shape index (κ3) is 6.14. The van der Waals surface area contributed by atoms with Crippen molar-refractivity contribution in [1.82, 2.24) is 15.0 Å². The van der Waals surface area contributed by atoms with E-state index in [1.54, 1.807) is 26.8 Å². The van der Waals surface area contributed by atoms with Gasteiger partial charge in [0.1, 0.15) is 22.8 Å². The van der Waals surface area contributed by atoms with Crippen molar-refractivity contribution in [3.05, 3.63) is 53.7 Å². The molecule has 4 rings (SSSR count). The maximum absolute atomic E-state index is 13.4. The van der Waals surface area contributed by atoms with Crippen molar-refractivity contribution in [2.24, 2.45) is 0 Å². The summed E-state index contributed by atoms with van der Waals surface area (Å²) < 4.78 is 12.5. The van der Waals surface area contributed by atoms with Crippen LogP contribution in [0.15, 0.2) is 42.6 Å². The molecule has 1 aliphatic heterocycles. The van der Waals surface area contributed by atoms with Gasteiger partial charge in [0.25, 0.3) is 0 Å². The molecule has 0 saturated carbocycles. The maximum Gasteiger partial charge on any atom is 0.416 e. The van der Waals surface area contributed by atoms with E-state index in [4.69, 9.17) is 9.47 Å². The van der Waals surface area contributed by atoms with E-state index in [9.17, 15) is 15.0 Å². The first-order valence-electron chi connectivity index (χ1n) is 12.4. The van der Waals surface area contributed by atoms with Gasteiger partial charge in [-0.3, -0.25) is 4.90 Å². The molecule has 198 valence electrons. The quantitative estimate of drug-likeness (QED) is 0.497. The topological polar surface area (TPSA) is 113 Å². The van der Waals surface area contributed by atoms with Gasteiger partial charge in [-0.2, -0.15) is 4.68 Å². The Balaban J connectivity index is 1.69. The fourth-order valence-electron chi connectivity index (χ4n) is 4.17. The number of carbonyl (C=O) groups is 1. The number of carbonyl (C=O) groups excluding carboxylic acids is 1. The van der Waals surface area contributed by atoms with Crippen LogP contribution in [0.25, 0.3) is 5.69 Å². The predicted molar refractivity (Wildman–Crippen MR) is 141 cm³/mol. The van der Waals surface area contributed by atoms with Gasteiger partial charge in [-0.05, 0) is 56.0 Å². The number of anilines is 2. The van der Waals surface area contributed by atoms with Crippen LogP contribution in [-0.2, 0) is 16.0 Å². The van der Waals surface area contributed by atoms with Crippen molar-refractivity contribution in [2.45, 2.75) is 52.7 Å². The van der Waals surface area contributed by atoms with Gasteiger partial charge in [-0.1, -0.05) is 31.2 Å². The lowest BCUT2D eigenvalue weighted by molar-refractivity contribution is 0.0575. The van der Waals surface area contributed by atoms with Gasteiger partial charge in [0.05, 0.1) is 26.0 Å². The monoisotopic (exact) mass is 509 g/mol. The molecule has 1 fully saturated rings. The number of morpholine rings is 1. The zero-order valence-corrected chi connectivity index (χ0v) is 22.0. The smallest absolute Gasteiger partial charge is 0.416 e. The molecule has 2 N–H and O–H groups in total. The van der Waals surface area contributed by atoms with Crippen molar-refractivity contribution in [3.63, 3.8) is 0 Å². The number of amides is 1. The molecule has 10 heteroatoms. The number of benzene rings is 2. The third-order valence-corrected chi connectivity index (χ3v) is 6.05. The molecule has 1 saturated heterocycles. The Morgan fingerprint density at radius 1 is 1.11 bits per heavy atom. The molecule has 2 aromatic carbocycles. The second-order valence-electron chi connectivity index (χ2n) is 10.4. The Kier molecular flexibility index (Phi) is 7.58. The van der Waals surface area contributed by atoms with Gasteiger partial charge in [0.2, 0.25) is 0 Å². The number of phenols is 2. The highest BCUT2D eigenvalue weighted by molar-refractivity contribution is 5.87. The largest absolute Gasteiger partial charge is 0.508 e. The van der Waals surface area contributed by atoms with Gasteiger partial charge >= 0.3 is 6.09 Å². The minimum absolute atomic E-state index is 0.00161. The molecule has 0 unspecified atom stereocenters. The summed E-state index contributed by atoms with van der Waals surface area (Å²) in [6.45, 7) is 12.6. The minimum atomic E-state index is -0.723. The predicted octanol–water partition coefficient (Wildman–Crippen LogP) is 4.58. The molecule has 0 spiro atoms. The zero-order chi connectivity index (χ0) is 26.7. The number of hydrogen-bond donors (Lipinski definition) is 2. The van der Waals surface area contributed by atoms with Gasteiger partial charge in [-0.25, -0.2) is 4.79 Å². The Morgan fingerprint density at radius 3 is 2.41 bits per heavy atom. The molecule has 2 heterocycles. The fraction of sp³-hybridized carbons (Fsp3) is 0.444. The van der Waals surface area contributed by atoms with Crippen LogP contribution in [-0.4, -0.2) is 63.2 Å². The summed E-state index contributed by atoms with van der Waals surface area (Å²) in [6.07, 6.45) is 0.878. The van der Waals surface area contributed by atoms with Crippen molar-refractivity contribution in [1.29, 1.82) is 0 Å². The van der Waals surface area contributed by atoms with Gasteiger partial charge in [0, 0.05) is 24.8 Å². The van der Waals surface area contributed by atoms with E-state index in [0.717, 1.165) is 24.3 Å². The van der Waals surface area contributed by atoms with Crippen molar-refractivity contribution >= 4 is 17.6 Å². The molecule has 10 nitrogen and oxygen atoms in total. The van der Waals surface area contributed by atoms with E-state index in [0.29, 0.717) is 30.3 Å². The zero-order valence-electron chi connectivity index (χ0n) is 22.0. The van der Waals surface area contributed by atoms with Gasteiger partial charge in [0.15, 0.2) is 5.82 Å². The Bertz CT molecular complexity index is 1230. The van der Waals surface area contributed by atoms with Crippen molar-refractivity contribution in [2.75, 3.05) is 36.1 Å². The summed E-state index contributed by atoms with van der Waals surface area (Å²) in [5.74, 6) is 0.121. The molecular formula is C27H35N5O5. The summed E-state index contributed by atoms with van der Waals surface area (Å²) >= 11 is 0. The molecular weight excluding hydrogens is 474 g/mol. The number of phenolic OH excluding ortho intramolecular Hbond substituents is 2. The minimum Gasteiger partial charge on any atom is -0.508 e. The van der Waals surface area contributed by atoms with E-state index in [2.05, 4.69) is 15.2 Å². The van der Waals surface area contributed by atoms with Crippen LogP contribution in [0.5, 0.6) is 11.5 Å². The maximum atomic E-state index is 13.4. The van der Waals surface area contributed by atoms with Crippen LogP contribution in [0.3, 0.4) is 0 Å². The average Bonchev–Trinajstić information content (AvgIpc) is 3.31. The molecule has 3 aromatic rings. The van der Waals surface area contributed by atoms with E-state index in [-0.39, 0.29) is 24.0 Å². The first-order valence-corrected chi connectivity index (χ1v) is 12.4. The lowest BCUT2D eigenvalue weighted by Crippen LogP contribution is -2.37. The normalized spacial score (nSPS) is 14.2. The highest BCUT2D eigenvalue weighted by atomic mass is 16.6. The van der Waals surface area contributed by atoms with E-state index in [1.165, 1.54) is 21.8 Å². The molecule has 1 aliphatic rings. The third-order valence-electron chi connectivity index (χ3n) is 6.05. The summed E-state index contributed by atoms with van der Waals surface area (Å²) in [4.78, 5) is 17.1. The van der Waals surface area contributed by atoms with E-state index < -0.39 is 11.7 Å². The molecule has 0 radical (unpaired) electrons. The molecule has 0 atom stereocenters. The first kappa shape index (κ1) is 26.3. The molecule has 1 aromatic heterocycles. The molecule has 0 aliphatic carbocycles. The Labute approximate surface area is 217 Å². The fourth-order valence-corrected chi connectivity index (χ4v) is 4.17. The Morgan fingerprint density at radius 2 is 1.78 bits per heavy atom. The number of nitrogens with zero attached hydrogens (tertiary/aromatic N) is 5. The second kappa shape index (κ2) is 10.7. The van der Waals surface area contributed by atoms with Gasteiger partial charge < -0.3 is 24.6 Å². The molecule has 1 amide bonds. The summed E-state index contributed by atoms with van der Waals surface area (Å²) in [5.41, 5.74) is 2.19. The highest BCUT2D eigenvalue weighted by Gasteiger charge is 2.28. The number of aromatic nitrogens is 3. The molecule has 0 bridgehead atoms. The summed E-state index contributed by atoms with van der Waals surface area (Å²) in [7, 11) is 0. The van der Waals surface area contributed by atoms with Crippen LogP contribution >= 0.6 is 0 Å². The number of hydrogen-bond acceptors (Lipinski definition) is 8. The number of rotatable bonds is 6. The second-order valence-corrected chi connectivity index (χ2v) is 10.4. The highest BCUT2D eigenvalue weighted by Crippen LogP contribution is 2.36. The van der Waals surface area contributed by atoms with Crippen LogP contribution < -0.4 is 9.80 Å². The van der Waals surface area contributed by atoms with Crippen molar-refractivity contribution < 1.29 is 24.5 Å². The van der Waals surface area contributed by atoms with Crippen LogP contribution in [0, 0.1) is 0 Å². The number of ether oxygens (including phenoxy) is 2. The average molecular weight is 510 g/mol.